The number of amides is 1. The average molecular weight is 564 g/mol. The summed E-state index contributed by atoms with van der Waals surface area (Å²) in [5.74, 6) is 0.853. The molecular formula is C28H43ClFN7O2. The third-order valence-corrected chi connectivity index (χ3v) is 7.93. The van der Waals surface area contributed by atoms with Crippen LogP contribution < -0.4 is 15.4 Å². The molecule has 39 heavy (non-hydrogen) atoms. The van der Waals surface area contributed by atoms with Crippen molar-refractivity contribution in [3.8, 4) is 11.6 Å². The van der Waals surface area contributed by atoms with Crippen LogP contribution in [0.1, 0.15) is 64.2 Å². The molecule has 1 spiro atoms. The largest absolute Gasteiger partial charge is 0.434 e. The second-order valence-electron chi connectivity index (χ2n) is 11.3. The smallest absolute Gasteiger partial charge is 0.282 e. The number of nitrogens with two attached hydrogens (primary N) is 1. The Labute approximate surface area is 237 Å². The third kappa shape index (κ3) is 6.78. The zero-order valence-electron chi connectivity index (χ0n) is 23.8. The summed E-state index contributed by atoms with van der Waals surface area (Å²) in [4.78, 5) is 24.2. The fraction of sp³-hybridized carbons (Fsp3) is 0.643. The van der Waals surface area contributed by atoms with Crippen molar-refractivity contribution in [3.05, 3.63) is 35.9 Å². The zero-order chi connectivity index (χ0) is 27.4. The van der Waals surface area contributed by atoms with Crippen molar-refractivity contribution in [2.24, 2.45) is 17.1 Å². The van der Waals surface area contributed by atoms with Crippen molar-refractivity contribution in [3.63, 3.8) is 0 Å². The molecule has 2 N–H and O–H groups in total. The molecule has 2 saturated heterocycles. The number of nitrogens with zero attached hydrogens (tertiary/aromatic N) is 6. The lowest BCUT2D eigenvalue weighted by molar-refractivity contribution is -0.0337. The van der Waals surface area contributed by atoms with Crippen LogP contribution in [0.25, 0.3) is 0 Å². The van der Waals surface area contributed by atoms with Gasteiger partial charge in [-0.2, -0.15) is 0 Å². The highest BCUT2D eigenvalue weighted by Crippen LogP contribution is 2.44. The van der Waals surface area contributed by atoms with Crippen LogP contribution in [0.4, 0.5) is 10.2 Å². The van der Waals surface area contributed by atoms with Crippen molar-refractivity contribution < 1.29 is 13.9 Å². The van der Waals surface area contributed by atoms with Gasteiger partial charge in [0.25, 0.3) is 11.8 Å². The first-order valence-electron chi connectivity index (χ1n) is 13.8. The molecule has 216 valence electrons. The molecule has 1 amide bonds. The summed E-state index contributed by atoms with van der Waals surface area (Å²) in [7, 11) is 0. The van der Waals surface area contributed by atoms with Crippen LogP contribution in [0.2, 0.25) is 0 Å². The standard InChI is InChI=1S/C28H42FN7O2.ClH/c1-6-36(20(4)5)27(37)22-14-21(29)9-10-24(22)38-26-25(31-18-32-33-26)34-13-11-28(15-34)16-35(17-28)23(19(2)3)8-7-12-30;/h9-10,14,18-20,23H,6-8,11-13,15-17,30H2,1-5H3;1H/t23-;/m1./s1. The molecule has 0 bridgehead atoms. The van der Waals surface area contributed by atoms with Crippen molar-refractivity contribution in [1.82, 2.24) is 25.0 Å². The second kappa shape index (κ2) is 13.2. The van der Waals surface area contributed by atoms with Gasteiger partial charge in [-0.25, -0.2) is 9.37 Å². The average Bonchev–Trinajstić information content (AvgIpc) is 3.31. The van der Waals surface area contributed by atoms with E-state index >= 15 is 0 Å². The van der Waals surface area contributed by atoms with E-state index < -0.39 is 5.82 Å². The van der Waals surface area contributed by atoms with Crippen LogP contribution in [0.15, 0.2) is 24.5 Å². The number of hydrogen-bond acceptors (Lipinski definition) is 8. The summed E-state index contributed by atoms with van der Waals surface area (Å²) in [6.45, 7) is 15.4. The van der Waals surface area contributed by atoms with Crippen LogP contribution in [0.5, 0.6) is 11.6 Å². The summed E-state index contributed by atoms with van der Waals surface area (Å²) in [5.41, 5.74) is 6.15. The van der Waals surface area contributed by atoms with E-state index in [2.05, 4.69) is 38.8 Å². The van der Waals surface area contributed by atoms with E-state index in [1.165, 1.54) is 24.5 Å². The maximum Gasteiger partial charge on any atom is 0.282 e. The van der Waals surface area contributed by atoms with Crippen LogP contribution >= 0.6 is 12.4 Å². The van der Waals surface area contributed by atoms with E-state index in [1.807, 2.05) is 20.8 Å². The van der Waals surface area contributed by atoms with Gasteiger partial charge in [0, 0.05) is 50.2 Å². The third-order valence-electron chi connectivity index (χ3n) is 7.93. The highest BCUT2D eigenvalue weighted by atomic mass is 35.5. The lowest BCUT2D eigenvalue weighted by Crippen LogP contribution is -2.62. The maximum absolute atomic E-state index is 14.2. The number of benzene rings is 1. The number of ether oxygens (including phenoxy) is 1. The van der Waals surface area contributed by atoms with Gasteiger partial charge in [0.2, 0.25) is 0 Å². The van der Waals surface area contributed by atoms with Gasteiger partial charge in [-0.3, -0.25) is 9.69 Å². The molecule has 0 saturated carbocycles. The minimum Gasteiger partial charge on any atom is -0.434 e. The number of anilines is 1. The van der Waals surface area contributed by atoms with Gasteiger partial charge in [0.1, 0.15) is 17.9 Å². The SMILES string of the molecule is CCN(C(=O)c1cc(F)ccc1Oc1nncnc1N1CCC2(C1)CN([C@H](CCCN)C(C)C)C2)C(C)C.Cl. The number of carbonyl (C=O) groups excluding carboxylic acids is 1. The Morgan fingerprint density at radius 2 is 1.97 bits per heavy atom. The lowest BCUT2D eigenvalue weighted by atomic mass is 9.76. The minimum absolute atomic E-state index is 0. The molecule has 2 aromatic rings. The topological polar surface area (TPSA) is 101 Å². The number of aromatic nitrogens is 3. The fourth-order valence-electron chi connectivity index (χ4n) is 5.99. The summed E-state index contributed by atoms with van der Waals surface area (Å²) < 4.78 is 20.3. The Hall–Kier alpha value is -2.56. The molecule has 4 rings (SSSR count). The van der Waals surface area contributed by atoms with Gasteiger partial charge in [-0.1, -0.05) is 13.8 Å². The first-order valence-corrected chi connectivity index (χ1v) is 13.8. The van der Waals surface area contributed by atoms with E-state index in [0.717, 1.165) is 52.0 Å². The Balaban J connectivity index is 0.00000420. The quantitative estimate of drug-likeness (QED) is 0.430. The molecule has 1 aromatic heterocycles. The van der Waals surface area contributed by atoms with Gasteiger partial charge >= 0.3 is 0 Å². The van der Waals surface area contributed by atoms with E-state index in [0.29, 0.717) is 24.3 Å². The summed E-state index contributed by atoms with van der Waals surface area (Å²) in [5, 5.41) is 8.15. The number of halogens is 2. The van der Waals surface area contributed by atoms with Crippen molar-refractivity contribution >= 4 is 24.1 Å². The highest BCUT2D eigenvalue weighted by molar-refractivity contribution is 5.97. The normalized spacial score (nSPS) is 17.3. The van der Waals surface area contributed by atoms with Gasteiger partial charge < -0.3 is 20.3 Å². The zero-order valence-corrected chi connectivity index (χ0v) is 24.6. The molecule has 11 heteroatoms. The first-order chi connectivity index (χ1) is 18.2. The molecule has 0 radical (unpaired) electrons. The van der Waals surface area contributed by atoms with Crippen molar-refractivity contribution in [1.29, 1.82) is 0 Å². The van der Waals surface area contributed by atoms with E-state index in [4.69, 9.17) is 10.5 Å². The molecule has 9 nitrogen and oxygen atoms in total. The molecule has 1 aromatic carbocycles. The fourth-order valence-corrected chi connectivity index (χ4v) is 5.99. The number of likely N-dealkylation sites (tertiary alicyclic amines) is 1. The van der Waals surface area contributed by atoms with Crippen LogP contribution in [-0.2, 0) is 0 Å². The van der Waals surface area contributed by atoms with E-state index in [-0.39, 0.29) is 47.0 Å². The summed E-state index contributed by atoms with van der Waals surface area (Å²) >= 11 is 0. The number of rotatable bonds is 11. The molecular weight excluding hydrogens is 521 g/mol. The predicted octanol–water partition coefficient (Wildman–Crippen LogP) is 4.37. The van der Waals surface area contributed by atoms with Crippen molar-refractivity contribution in [2.75, 3.05) is 44.2 Å². The van der Waals surface area contributed by atoms with Crippen LogP contribution in [0.3, 0.4) is 0 Å². The molecule has 2 aliphatic heterocycles. The van der Waals surface area contributed by atoms with Gasteiger partial charge in [-0.15, -0.1) is 22.6 Å². The van der Waals surface area contributed by atoms with E-state index in [1.54, 1.807) is 4.90 Å². The minimum atomic E-state index is -0.500. The summed E-state index contributed by atoms with van der Waals surface area (Å²) in [6.07, 6.45) is 4.66. The molecule has 3 heterocycles. The van der Waals surface area contributed by atoms with Gasteiger partial charge in [-0.05, 0) is 70.7 Å². The molecule has 2 aliphatic rings. The Bertz CT molecular complexity index is 1110. The molecule has 0 aliphatic carbocycles. The maximum atomic E-state index is 14.2. The van der Waals surface area contributed by atoms with Crippen LogP contribution in [-0.4, -0.2) is 82.2 Å². The number of hydrogen-bond donors (Lipinski definition) is 1. The second-order valence-corrected chi connectivity index (χ2v) is 11.3. The molecule has 2 fully saturated rings. The summed E-state index contributed by atoms with van der Waals surface area (Å²) in [6, 6.07) is 4.49. The van der Waals surface area contributed by atoms with E-state index in [9.17, 15) is 9.18 Å². The van der Waals surface area contributed by atoms with Gasteiger partial charge in [0.15, 0.2) is 5.82 Å². The first kappa shape index (κ1) is 31.0. The van der Waals surface area contributed by atoms with Crippen molar-refractivity contribution in [2.45, 2.75) is 66.0 Å². The monoisotopic (exact) mass is 563 g/mol. The Kier molecular flexibility index (Phi) is 10.5. The lowest BCUT2D eigenvalue weighted by Gasteiger charge is -2.53. The van der Waals surface area contributed by atoms with Gasteiger partial charge in [0.05, 0.1) is 5.56 Å². The molecule has 1 atom stereocenters. The number of carbonyl (C=O) groups is 1. The Morgan fingerprint density at radius 1 is 1.23 bits per heavy atom. The Morgan fingerprint density at radius 3 is 2.62 bits per heavy atom. The highest BCUT2D eigenvalue weighted by Gasteiger charge is 2.50. The molecule has 0 unspecified atom stereocenters. The predicted molar refractivity (Wildman–Crippen MR) is 153 cm³/mol. The van der Waals surface area contributed by atoms with Crippen LogP contribution in [0, 0.1) is 17.2 Å².